The fourth-order valence-corrected chi connectivity index (χ4v) is 3.56. The Morgan fingerprint density at radius 3 is 2.17 bits per heavy atom. The van der Waals surface area contributed by atoms with Crippen LogP contribution in [0.2, 0.25) is 0 Å². The van der Waals surface area contributed by atoms with Gasteiger partial charge in [0.25, 0.3) is 0 Å². The highest BCUT2D eigenvalue weighted by molar-refractivity contribution is 9.10. The van der Waals surface area contributed by atoms with Gasteiger partial charge in [0, 0.05) is 23.3 Å². The van der Waals surface area contributed by atoms with Crippen molar-refractivity contribution in [2.24, 2.45) is 4.99 Å². The summed E-state index contributed by atoms with van der Waals surface area (Å²) in [7, 11) is -3.90. The molecular formula is C21H17BrN2O4S. The highest BCUT2D eigenvalue weighted by Gasteiger charge is 2.16. The summed E-state index contributed by atoms with van der Waals surface area (Å²) in [4.78, 5) is 15.5. The fourth-order valence-electron chi connectivity index (χ4n) is 2.37. The molecule has 29 heavy (non-hydrogen) atoms. The van der Waals surface area contributed by atoms with Crippen LogP contribution in [-0.4, -0.2) is 20.5 Å². The molecule has 0 aliphatic rings. The third-order valence-corrected chi connectivity index (χ3v) is 5.53. The van der Waals surface area contributed by atoms with Crippen LogP contribution in [0.25, 0.3) is 0 Å². The van der Waals surface area contributed by atoms with E-state index < -0.39 is 10.1 Å². The Morgan fingerprint density at radius 1 is 0.966 bits per heavy atom. The highest BCUT2D eigenvalue weighted by Crippen LogP contribution is 2.21. The van der Waals surface area contributed by atoms with Crippen molar-refractivity contribution in [2.45, 2.75) is 11.8 Å². The van der Waals surface area contributed by atoms with Crippen molar-refractivity contribution >= 4 is 49.5 Å². The molecule has 0 heterocycles. The number of carbonyl (C=O) groups excluding carboxylic acids is 1. The second-order valence-electron chi connectivity index (χ2n) is 6.05. The van der Waals surface area contributed by atoms with Gasteiger partial charge in [-0.15, -0.1) is 0 Å². The van der Waals surface area contributed by atoms with Crippen LogP contribution in [0.5, 0.6) is 5.75 Å². The summed E-state index contributed by atoms with van der Waals surface area (Å²) in [5, 5.41) is 2.69. The van der Waals surface area contributed by atoms with Crippen LogP contribution in [0.3, 0.4) is 0 Å². The Bertz CT molecular complexity index is 1120. The van der Waals surface area contributed by atoms with Gasteiger partial charge < -0.3 is 9.50 Å². The second-order valence-corrected chi connectivity index (χ2v) is 8.51. The Morgan fingerprint density at radius 2 is 1.59 bits per heavy atom. The van der Waals surface area contributed by atoms with Crippen molar-refractivity contribution in [3.05, 3.63) is 82.8 Å². The van der Waals surface area contributed by atoms with Crippen LogP contribution in [-0.2, 0) is 14.9 Å². The van der Waals surface area contributed by atoms with E-state index in [0.29, 0.717) is 5.69 Å². The van der Waals surface area contributed by atoms with Crippen LogP contribution >= 0.6 is 15.9 Å². The molecule has 1 amide bonds. The van der Waals surface area contributed by atoms with Crippen LogP contribution in [0.15, 0.2) is 87.2 Å². The third-order valence-electron chi connectivity index (χ3n) is 3.74. The second kappa shape index (κ2) is 9.02. The van der Waals surface area contributed by atoms with Gasteiger partial charge in [0.2, 0.25) is 5.91 Å². The van der Waals surface area contributed by atoms with Gasteiger partial charge in [-0.05, 0) is 78.4 Å². The van der Waals surface area contributed by atoms with Gasteiger partial charge in [0.05, 0.1) is 5.69 Å². The number of nitrogens with one attached hydrogen (secondary N) is 1. The van der Waals surface area contributed by atoms with Crippen molar-refractivity contribution in [2.75, 3.05) is 5.32 Å². The summed E-state index contributed by atoms with van der Waals surface area (Å²) in [5.41, 5.74) is 2.20. The number of aliphatic imine (C=N–C) groups is 1. The van der Waals surface area contributed by atoms with E-state index in [2.05, 4.69) is 26.2 Å². The summed E-state index contributed by atoms with van der Waals surface area (Å²) in [5.74, 6) is 0.0791. The smallest absolute Gasteiger partial charge is 0.339 e. The monoisotopic (exact) mass is 472 g/mol. The zero-order valence-corrected chi connectivity index (χ0v) is 17.8. The van der Waals surface area contributed by atoms with Gasteiger partial charge >= 0.3 is 10.1 Å². The van der Waals surface area contributed by atoms with Crippen molar-refractivity contribution in [1.29, 1.82) is 0 Å². The van der Waals surface area contributed by atoms with Crippen LogP contribution in [0.1, 0.15) is 12.5 Å². The molecule has 3 aromatic rings. The lowest BCUT2D eigenvalue weighted by Crippen LogP contribution is -2.09. The zero-order chi connectivity index (χ0) is 20.9. The summed E-state index contributed by atoms with van der Waals surface area (Å²) in [6.45, 7) is 1.45. The first-order valence-electron chi connectivity index (χ1n) is 8.54. The van der Waals surface area contributed by atoms with Crippen LogP contribution in [0, 0.1) is 0 Å². The molecule has 0 bridgehead atoms. The Hall–Kier alpha value is -2.97. The lowest BCUT2D eigenvalue weighted by atomic mass is 10.2. The average Bonchev–Trinajstić information content (AvgIpc) is 2.68. The Kier molecular flexibility index (Phi) is 6.46. The molecule has 0 radical (unpaired) electrons. The number of carbonyl (C=O) groups is 1. The molecule has 0 saturated heterocycles. The van der Waals surface area contributed by atoms with E-state index in [1.165, 1.54) is 19.1 Å². The van der Waals surface area contributed by atoms with E-state index in [9.17, 15) is 13.2 Å². The molecule has 1 N–H and O–H groups in total. The fraction of sp³-hybridized carbons (Fsp3) is 0.0476. The summed E-state index contributed by atoms with van der Waals surface area (Å²) in [6.07, 6.45) is 1.65. The van der Waals surface area contributed by atoms with Gasteiger partial charge in [0.1, 0.15) is 10.6 Å². The first-order valence-corrected chi connectivity index (χ1v) is 10.7. The standard InChI is InChI=1S/C21H17BrN2O4S/c1-15(25)24-19-8-6-18(7-9-19)23-14-16-2-10-20(11-3-16)28-29(26,27)21-12-4-17(22)5-13-21/h2-14H,1H3,(H,24,25). The van der Waals surface area contributed by atoms with Crippen molar-refractivity contribution in [1.82, 2.24) is 0 Å². The molecule has 3 aromatic carbocycles. The number of nitrogens with zero attached hydrogens (tertiary/aromatic N) is 1. The Balaban J connectivity index is 1.66. The minimum Gasteiger partial charge on any atom is -0.379 e. The van der Waals surface area contributed by atoms with Gasteiger partial charge in [-0.25, -0.2) is 0 Å². The van der Waals surface area contributed by atoms with Gasteiger partial charge in [-0.1, -0.05) is 15.9 Å². The molecule has 148 valence electrons. The van der Waals surface area contributed by atoms with Crippen molar-refractivity contribution in [3.63, 3.8) is 0 Å². The van der Waals surface area contributed by atoms with Crippen LogP contribution in [0.4, 0.5) is 11.4 Å². The molecule has 0 unspecified atom stereocenters. The molecule has 0 aliphatic carbocycles. The quantitative estimate of drug-likeness (QED) is 0.407. The lowest BCUT2D eigenvalue weighted by Gasteiger charge is -2.07. The van der Waals surface area contributed by atoms with E-state index in [1.54, 1.807) is 66.9 Å². The minimum atomic E-state index is -3.90. The largest absolute Gasteiger partial charge is 0.379 e. The van der Waals surface area contributed by atoms with Gasteiger partial charge in [-0.3, -0.25) is 9.79 Å². The maximum atomic E-state index is 12.3. The number of hydrogen-bond donors (Lipinski definition) is 1. The highest BCUT2D eigenvalue weighted by atomic mass is 79.9. The molecule has 0 fully saturated rings. The molecule has 0 saturated carbocycles. The number of hydrogen-bond acceptors (Lipinski definition) is 5. The molecular weight excluding hydrogens is 456 g/mol. The van der Waals surface area contributed by atoms with E-state index in [0.717, 1.165) is 15.7 Å². The number of benzene rings is 3. The van der Waals surface area contributed by atoms with Crippen molar-refractivity contribution < 1.29 is 17.4 Å². The summed E-state index contributed by atoms with van der Waals surface area (Å²) in [6, 6.07) is 19.9. The predicted molar refractivity (Wildman–Crippen MR) is 116 cm³/mol. The van der Waals surface area contributed by atoms with E-state index in [-0.39, 0.29) is 16.6 Å². The molecule has 0 aromatic heterocycles. The number of anilines is 1. The zero-order valence-electron chi connectivity index (χ0n) is 15.4. The molecule has 3 rings (SSSR count). The first-order chi connectivity index (χ1) is 13.8. The number of halogens is 1. The SMILES string of the molecule is CC(=O)Nc1ccc(N=Cc2ccc(OS(=O)(=O)c3ccc(Br)cc3)cc2)cc1. The third kappa shape index (κ3) is 6.00. The van der Waals surface area contributed by atoms with Crippen molar-refractivity contribution in [3.8, 4) is 5.75 Å². The molecule has 0 atom stereocenters. The molecule has 0 spiro atoms. The predicted octanol–water partition coefficient (Wildman–Crippen LogP) is 4.93. The van der Waals surface area contributed by atoms with Gasteiger partial charge in [0.15, 0.2) is 0 Å². The molecule has 6 nitrogen and oxygen atoms in total. The Labute approximate surface area is 177 Å². The molecule has 0 aliphatic heterocycles. The maximum Gasteiger partial charge on any atom is 0.339 e. The minimum absolute atomic E-state index is 0.0778. The van der Waals surface area contributed by atoms with E-state index in [4.69, 9.17) is 4.18 Å². The lowest BCUT2D eigenvalue weighted by molar-refractivity contribution is -0.114. The average molecular weight is 473 g/mol. The normalized spacial score (nSPS) is 11.4. The van der Waals surface area contributed by atoms with E-state index >= 15 is 0 Å². The summed E-state index contributed by atoms with van der Waals surface area (Å²) >= 11 is 3.27. The topological polar surface area (TPSA) is 84.8 Å². The van der Waals surface area contributed by atoms with Gasteiger partial charge in [-0.2, -0.15) is 8.42 Å². The number of rotatable bonds is 6. The number of amides is 1. The first kappa shape index (κ1) is 20.8. The summed E-state index contributed by atoms with van der Waals surface area (Å²) < 4.78 is 30.6. The van der Waals surface area contributed by atoms with E-state index in [1.807, 2.05) is 0 Å². The maximum absolute atomic E-state index is 12.3. The molecule has 8 heteroatoms. The van der Waals surface area contributed by atoms with Crippen LogP contribution < -0.4 is 9.50 Å².